The molecule has 1 aliphatic rings. The molecule has 4 rings (SSSR count). The third kappa shape index (κ3) is 3.52. The fraction of sp³-hybridized carbons (Fsp3) is 0.227. The van der Waals surface area contributed by atoms with E-state index in [1.165, 1.54) is 12.1 Å². The summed E-state index contributed by atoms with van der Waals surface area (Å²) in [7, 11) is 0. The summed E-state index contributed by atoms with van der Waals surface area (Å²) < 4.78 is 13.1. The second-order valence-electron chi connectivity index (χ2n) is 6.70. The molecule has 2 atom stereocenters. The molecule has 4 nitrogen and oxygen atoms in total. The highest BCUT2D eigenvalue weighted by Gasteiger charge is 2.33. The Hall–Kier alpha value is -3.26. The van der Waals surface area contributed by atoms with Crippen molar-refractivity contribution >= 4 is 5.82 Å². The van der Waals surface area contributed by atoms with Gasteiger partial charge in [-0.3, -0.25) is 0 Å². The van der Waals surface area contributed by atoms with Gasteiger partial charge in [-0.2, -0.15) is 5.26 Å². The summed E-state index contributed by atoms with van der Waals surface area (Å²) >= 11 is 0. The van der Waals surface area contributed by atoms with Crippen molar-refractivity contribution in [2.45, 2.75) is 24.8 Å². The van der Waals surface area contributed by atoms with E-state index >= 15 is 0 Å². The van der Waals surface area contributed by atoms with Crippen LogP contribution in [0.1, 0.15) is 24.3 Å². The monoisotopic (exact) mass is 358 g/mol. The number of hydrogen-bond donors (Lipinski definition) is 0. The van der Waals surface area contributed by atoms with Crippen molar-refractivity contribution in [3.8, 4) is 17.3 Å². The highest BCUT2D eigenvalue weighted by molar-refractivity contribution is 5.60. The van der Waals surface area contributed by atoms with E-state index in [1.54, 1.807) is 12.1 Å². The Kier molecular flexibility index (Phi) is 4.80. The maximum Gasteiger partial charge on any atom is 0.151 e. The van der Waals surface area contributed by atoms with Crippen molar-refractivity contribution in [1.82, 2.24) is 10.2 Å². The SMILES string of the molecule is N#CC(c1ccccc1)C1CCCN1c1ccc(-c2ccc(F)cc2)nn1. The summed E-state index contributed by atoms with van der Waals surface area (Å²) in [6.07, 6.45) is 1.98. The Morgan fingerprint density at radius 1 is 1.00 bits per heavy atom. The van der Waals surface area contributed by atoms with Gasteiger partial charge in [0.2, 0.25) is 0 Å². The van der Waals surface area contributed by atoms with Crippen LogP contribution in [0.2, 0.25) is 0 Å². The molecule has 1 fully saturated rings. The summed E-state index contributed by atoms with van der Waals surface area (Å²) in [5.74, 6) is 0.304. The van der Waals surface area contributed by atoms with Gasteiger partial charge < -0.3 is 4.90 Å². The number of rotatable bonds is 4. The van der Waals surface area contributed by atoms with Crippen molar-refractivity contribution < 1.29 is 4.39 Å². The molecule has 27 heavy (non-hydrogen) atoms. The smallest absolute Gasteiger partial charge is 0.151 e. The van der Waals surface area contributed by atoms with Crippen LogP contribution in [-0.2, 0) is 0 Å². The standard InChI is InChI=1S/C22H19FN4/c23-18-10-8-17(9-11-18)20-12-13-22(26-25-20)27-14-4-7-21(27)19(15-24)16-5-2-1-3-6-16/h1-3,5-6,8-13,19,21H,4,7,14H2. The Morgan fingerprint density at radius 2 is 1.78 bits per heavy atom. The molecule has 0 saturated carbocycles. The van der Waals surface area contributed by atoms with Crippen LogP contribution >= 0.6 is 0 Å². The highest BCUT2D eigenvalue weighted by atomic mass is 19.1. The average molecular weight is 358 g/mol. The zero-order valence-electron chi connectivity index (χ0n) is 14.8. The van der Waals surface area contributed by atoms with E-state index in [-0.39, 0.29) is 17.8 Å². The third-order valence-corrected chi connectivity index (χ3v) is 5.07. The maximum absolute atomic E-state index is 13.1. The minimum Gasteiger partial charge on any atom is -0.350 e. The molecule has 5 heteroatoms. The molecular formula is C22H19FN4. The Bertz CT molecular complexity index is 933. The number of nitriles is 1. The summed E-state index contributed by atoms with van der Waals surface area (Å²) in [6, 6.07) is 22.5. The number of nitrogens with zero attached hydrogens (tertiary/aromatic N) is 4. The first-order chi connectivity index (χ1) is 13.3. The Morgan fingerprint density at radius 3 is 2.44 bits per heavy atom. The molecule has 0 N–H and O–H groups in total. The molecule has 0 radical (unpaired) electrons. The number of benzene rings is 2. The van der Waals surface area contributed by atoms with Crippen LogP contribution in [-0.4, -0.2) is 22.8 Å². The van der Waals surface area contributed by atoms with Crippen LogP contribution in [0.3, 0.4) is 0 Å². The second kappa shape index (κ2) is 7.55. The summed E-state index contributed by atoms with van der Waals surface area (Å²) in [4.78, 5) is 2.18. The first-order valence-electron chi connectivity index (χ1n) is 9.07. The van der Waals surface area contributed by atoms with Gasteiger partial charge in [0.25, 0.3) is 0 Å². The third-order valence-electron chi connectivity index (χ3n) is 5.07. The van der Waals surface area contributed by atoms with Gasteiger partial charge >= 0.3 is 0 Å². The molecule has 2 aromatic carbocycles. The molecule has 1 aliphatic heterocycles. The van der Waals surface area contributed by atoms with Gasteiger partial charge in [0.15, 0.2) is 5.82 Å². The zero-order chi connectivity index (χ0) is 18.6. The van der Waals surface area contributed by atoms with Crippen molar-refractivity contribution in [1.29, 1.82) is 5.26 Å². The second-order valence-corrected chi connectivity index (χ2v) is 6.70. The topological polar surface area (TPSA) is 52.8 Å². The number of anilines is 1. The van der Waals surface area contributed by atoms with E-state index in [1.807, 2.05) is 42.5 Å². The van der Waals surface area contributed by atoms with E-state index in [2.05, 4.69) is 21.2 Å². The lowest BCUT2D eigenvalue weighted by Gasteiger charge is -2.29. The van der Waals surface area contributed by atoms with Gasteiger partial charge in [-0.1, -0.05) is 30.3 Å². The first-order valence-corrected chi connectivity index (χ1v) is 9.07. The molecule has 0 bridgehead atoms. The van der Waals surface area contributed by atoms with Crippen molar-refractivity contribution in [2.75, 3.05) is 11.4 Å². The molecule has 0 amide bonds. The van der Waals surface area contributed by atoms with E-state index in [4.69, 9.17) is 0 Å². The molecule has 3 aromatic rings. The van der Waals surface area contributed by atoms with Gasteiger partial charge in [0.05, 0.1) is 23.7 Å². The first kappa shape index (κ1) is 17.2. The molecule has 2 heterocycles. The largest absolute Gasteiger partial charge is 0.350 e. The minimum absolute atomic E-state index is 0.0865. The average Bonchev–Trinajstić information content (AvgIpc) is 3.20. The van der Waals surface area contributed by atoms with Crippen molar-refractivity contribution in [3.05, 3.63) is 78.1 Å². The number of aromatic nitrogens is 2. The predicted octanol–water partition coefficient (Wildman–Crippen LogP) is 4.56. The normalized spacial score (nSPS) is 17.5. The molecular weight excluding hydrogens is 339 g/mol. The predicted molar refractivity (Wildman–Crippen MR) is 103 cm³/mol. The molecule has 134 valence electrons. The highest BCUT2D eigenvalue weighted by Crippen LogP contribution is 2.33. The van der Waals surface area contributed by atoms with Gasteiger partial charge in [0.1, 0.15) is 5.82 Å². The van der Waals surface area contributed by atoms with E-state index in [0.29, 0.717) is 5.69 Å². The van der Waals surface area contributed by atoms with Gasteiger partial charge in [0, 0.05) is 12.1 Å². The lowest BCUT2D eigenvalue weighted by Crippen LogP contribution is -2.34. The van der Waals surface area contributed by atoms with Gasteiger partial charge in [-0.15, -0.1) is 10.2 Å². The summed E-state index contributed by atoms with van der Waals surface area (Å²) in [6.45, 7) is 0.861. The lowest BCUT2D eigenvalue weighted by molar-refractivity contribution is 0.605. The van der Waals surface area contributed by atoms with Gasteiger partial charge in [-0.05, 0) is 54.8 Å². The quantitative estimate of drug-likeness (QED) is 0.686. The maximum atomic E-state index is 13.1. The van der Waals surface area contributed by atoms with Crippen LogP contribution in [0.15, 0.2) is 66.7 Å². The van der Waals surface area contributed by atoms with Crippen molar-refractivity contribution in [2.24, 2.45) is 0 Å². The van der Waals surface area contributed by atoms with Crippen LogP contribution in [0.5, 0.6) is 0 Å². The minimum atomic E-state index is -0.272. The summed E-state index contributed by atoms with van der Waals surface area (Å²) in [5.41, 5.74) is 2.56. The molecule has 0 spiro atoms. The van der Waals surface area contributed by atoms with Crippen LogP contribution < -0.4 is 4.90 Å². The summed E-state index contributed by atoms with van der Waals surface area (Å²) in [5, 5.41) is 18.5. The van der Waals surface area contributed by atoms with Crippen molar-refractivity contribution in [3.63, 3.8) is 0 Å². The van der Waals surface area contributed by atoms with E-state index in [0.717, 1.165) is 36.3 Å². The van der Waals surface area contributed by atoms with Gasteiger partial charge in [-0.25, -0.2) is 4.39 Å². The molecule has 2 unspecified atom stereocenters. The lowest BCUT2D eigenvalue weighted by atomic mass is 9.91. The van der Waals surface area contributed by atoms with Crippen LogP contribution in [0, 0.1) is 17.1 Å². The Labute approximate surface area is 157 Å². The molecule has 1 saturated heterocycles. The van der Waals surface area contributed by atoms with E-state index in [9.17, 15) is 9.65 Å². The zero-order valence-corrected chi connectivity index (χ0v) is 14.8. The number of halogens is 1. The fourth-order valence-electron chi connectivity index (χ4n) is 3.72. The van der Waals surface area contributed by atoms with Crippen LogP contribution in [0.4, 0.5) is 10.2 Å². The van der Waals surface area contributed by atoms with E-state index < -0.39 is 0 Å². The molecule has 0 aliphatic carbocycles. The van der Waals surface area contributed by atoms with Crippen LogP contribution in [0.25, 0.3) is 11.3 Å². The fourth-order valence-corrected chi connectivity index (χ4v) is 3.72. The number of hydrogen-bond acceptors (Lipinski definition) is 4. The molecule has 1 aromatic heterocycles. The Balaban J connectivity index is 1.58.